The second-order valence-electron chi connectivity index (χ2n) is 3.20. The maximum absolute atomic E-state index is 11.0. The van der Waals surface area contributed by atoms with Gasteiger partial charge >= 0.3 is 6.09 Å². The average Bonchev–Trinajstić information content (AvgIpc) is 2.25. The highest BCUT2D eigenvalue weighted by Gasteiger charge is 2.12. The molecule has 1 amide bonds. The summed E-state index contributed by atoms with van der Waals surface area (Å²) in [5.74, 6) is 0. The third-order valence-electron chi connectivity index (χ3n) is 2.01. The topological polar surface area (TPSA) is 62.4 Å². The van der Waals surface area contributed by atoms with Crippen molar-refractivity contribution in [3.8, 4) is 0 Å². The van der Waals surface area contributed by atoms with Gasteiger partial charge in [0.1, 0.15) is 6.61 Å². The van der Waals surface area contributed by atoms with Gasteiger partial charge in [-0.3, -0.25) is 5.43 Å². The molecule has 0 saturated carbocycles. The highest BCUT2D eigenvalue weighted by molar-refractivity contribution is 5.66. The van der Waals surface area contributed by atoms with E-state index in [0.29, 0.717) is 6.04 Å². The van der Waals surface area contributed by atoms with E-state index in [9.17, 15) is 4.79 Å². The van der Waals surface area contributed by atoms with Crippen LogP contribution in [0.1, 0.15) is 12.8 Å². The summed E-state index contributed by atoms with van der Waals surface area (Å²) in [5, 5.41) is 3.23. The predicted molar refractivity (Wildman–Crippen MR) is 53.7 cm³/mol. The Balaban J connectivity index is 2.06. The Morgan fingerprint density at radius 3 is 3.21 bits per heavy atom. The van der Waals surface area contributed by atoms with Gasteiger partial charge in [-0.1, -0.05) is 12.7 Å². The van der Waals surface area contributed by atoms with Crippen molar-refractivity contribution in [1.82, 2.24) is 16.2 Å². The quantitative estimate of drug-likeness (QED) is 0.445. The zero-order valence-corrected chi connectivity index (χ0v) is 8.21. The van der Waals surface area contributed by atoms with E-state index in [1.165, 1.54) is 6.08 Å². The van der Waals surface area contributed by atoms with Crippen LogP contribution in [0.15, 0.2) is 12.7 Å². The number of hydrogen-bond acceptors (Lipinski definition) is 4. The molecule has 5 heteroatoms. The molecule has 1 atom stereocenters. The van der Waals surface area contributed by atoms with Crippen LogP contribution in [0.5, 0.6) is 0 Å². The van der Waals surface area contributed by atoms with Crippen LogP contribution in [0, 0.1) is 0 Å². The van der Waals surface area contributed by atoms with Crippen LogP contribution in [-0.2, 0) is 4.74 Å². The molecule has 14 heavy (non-hydrogen) atoms. The molecule has 1 unspecified atom stereocenters. The van der Waals surface area contributed by atoms with Gasteiger partial charge in [0, 0.05) is 12.6 Å². The van der Waals surface area contributed by atoms with Crippen molar-refractivity contribution < 1.29 is 9.53 Å². The van der Waals surface area contributed by atoms with Gasteiger partial charge in [0.2, 0.25) is 0 Å². The monoisotopic (exact) mass is 199 g/mol. The highest BCUT2D eigenvalue weighted by Crippen LogP contribution is 1.99. The number of amides is 1. The first-order valence-corrected chi connectivity index (χ1v) is 4.83. The fourth-order valence-electron chi connectivity index (χ4n) is 1.31. The van der Waals surface area contributed by atoms with E-state index in [0.717, 1.165) is 25.9 Å². The van der Waals surface area contributed by atoms with E-state index in [1.807, 2.05) is 0 Å². The van der Waals surface area contributed by atoms with Gasteiger partial charge in [0.25, 0.3) is 0 Å². The largest absolute Gasteiger partial charge is 0.444 e. The summed E-state index contributed by atoms with van der Waals surface area (Å²) >= 11 is 0. The molecule has 1 aliphatic rings. The lowest BCUT2D eigenvalue weighted by Crippen LogP contribution is -2.51. The van der Waals surface area contributed by atoms with Crippen LogP contribution in [0.25, 0.3) is 0 Å². The second-order valence-corrected chi connectivity index (χ2v) is 3.20. The minimum absolute atomic E-state index is 0.233. The molecule has 0 aromatic heterocycles. The van der Waals surface area contributed by atoms with Gasteiger partial charge in [-0.25, -0.2) is 10.2 Å². The van der Waals surface area contributed by atoms with Gasteiger partial charge < -0.3 is 10.1 Å². The Morgan fingerprint density at radius 2 is 2.57 bits per heavy atom. The molecule has 80 valence electrons. The number of piperidine rings is 1. The Bertz CT molecular complexity index is 190. The van der Waals surface area contributed by atoms with Gasteiger partial charge in [-0.2, -0.15) is 0 Å². The van der Waals surface area contributed by atoms with E-state index in [4.69, 9.17) is 4.74 Å². The lowest BCUT2D eigenvalue weighted by atomic mass is 10.1. The molecule has 0 spiro atoms. The minimum atomic E-state index is -0.463. The molecule has 1 fully saturated rings. The van der Waals surface area contributed by atoms with Crippen LogP contribution in [0.3, 0.4) is 0 Å². The number of nitrogens with one attached hydrogen (secondary N) is 3. The Hall–Kier alpha value is -1.07. The molecule has 1 rings (SSSR count). The SMILES string of the molecule is C=CCOC(=O)NNC1CCCNC1. The Kier molecular flexibility index (Phi) is 5.03. The molecule has 0 aromatic carbocycles. The number of ether oxygens (including phenoxy) is 1. The summed E-state index contributed by atoms with van der Waals surface area (Å²) in [5.41, 5.74) is 5.40. The van der Waals surface area contributed by atoms with Gasteiger partial charge in [-0.05, 0) is 19.4 Å². The molecule has 0 aliphatic carbocycles. The van der Waals surface area contributed by atoms with Crippen molar-refractivity contribution in [2.24, 2.45) is 0 Å². The van der Waals surface area contributed by atoms with Crippen molar-refractivity contribution >= 4 is 6.09 Å². The third kappa shape index (κ3) is 4.25. The number of hydrogen-bond donors (Lipinski definition) is 3. The van der Waals surface area contributed by atoms with E-state index < -0.39 is 6.09 Å². The van der Waals surface area contributed by atoms with E-state index in [-0.39, 0.29) is 6.61 Å². The predicted octanol–water partition coefficient (Wildman–Crippen LogP) is 0.155. The molecule has 0 bridgehead atoms. The molecule has 1 aliphatic heterocycles. The number of hydrazine groups is 1. The smallest absolute Gasteiger partial charge is 0.421 e. The van der Waals surface area contributed by atoms with Crippen LogP contribution in [-0.4, -0.2) is 31.8 Å². The lowest BCUT2D eigenvalue weighted by Gasteiger charge is -2.23. The number of carbonyl (C=O) groups excluding carboxylic acids is 1. The summed E-state index contributed by atoms with van der Waals surface area (Å²) in [6.07, 6.45) is 3.26. The average molecular weight is 199 g/mol. The van der Waals surface area contributed by atoms with Gasteiger partial charge in [0.15, 0.2) is 0 Å². The van der Waals surface area contributed by atoms with E-state index >= 15 is 0 Å². The Labute approximate surface area is 83.9 Å². The van der Waals surface area contributed by atoms with Crippen LogP contribution in [0.2, 0.25) is 0 Å². The van der Waals surface area contributed by atoms with Gasteiger partial charge in [0.05, 0.1) is 0 Å². The molecule has 0 aromatic rings. The Morgan fingerprint density at radius 1 is 1.71 bits per heavy atom. The van der Waals surface area contributed by atoms with Crippen LogP contribution >= 0.6 is 0 Å². The first-order chi connectivity index (χ1) is 6.83. The fraction of sp³-hybridized carbons (Fsp3) is 0.667. The minimum Gasteiger partial charge on any atom is -0.444 e. The highest BCUT2D eigenvalue weighted by atomic mass is 16.5. The molecule has 5 nitrogen and oxygen atoms in total. The van der Waals surface area contributed by atoms with E-state index in [2.05, 4.69) is 22.7 Å². The van der Waals surface area contributed by atoms with Gasteiger partial charge in [-0.15, -0.1) is 0 Å². The molecule has 3 N–H and O–H groups in total. The third-order valence-corrected chi connectivity index (χ3v) is 2.01. The van der Waals surface area contributed by atoms with Crippen LogP contribution in [0.4, 0.5) is 4.79 Å². The van der Waals surface area contributed by atoms with E-state index in [1.54, 1.807) is 0 Å². The summed E-state index contributed by atoms with van der Waals surface area (Å²) in [7, 11) is 0. The fourth-order valence-corrected chi connectivity index (χ4v) is 1.31. The summed E-state index contributed by atoms with van der Waals surface area (Å²) in [6.45, 7) is 5.61. The maximum atomic E-state index is 11.0. The standard InChI is InChI=1S/C9H17N3O2/c1-2-6-14-9(13)12-11-8-4-3-5-10-7-8/h2,8,10-11H,1,3-7H2,(H,12,13). The van der Waals surface area contributed by atoms with Crippen molar-refractivity contribution in [2.45, 2.75) is 18.9 Å². The van der Waals surface area contributed by atoms with Crippen LogP contribution < -0.4 is 16.2 Å². The number of carbonyl (C=O) groups is 1. The van der Waals surface area contributed by atoms with Crippen molar-refractivity contribution in [2.75, 3.05) is 19.7 Å². The first kappa shape index (κ1) is 11.0. The van der Waals surface area contributed by atoms with Crippen molar-refractivity contribution in [3.05, 3.63) is 12.7 Å². The zero-order chi connectivity index (χ0) is 10.2. The molecular weight excluding hydrogens is 182 g/mol. The summed E-state index contributed by atoms with van der Waals surface area (Å²) < 4.78 is 4.73. The summed E-state index contributed by atoms with van der Waals surface area (Å²) in [6, 6.07) is 0.292. The maximum Gasteiger partial charge on any atom is 0.421 e. The van der Waals surface area contributed by atoms with Crippen molar-refractivity contribution in [3.63, 3.8) is 0 Å². The molecule has 1 saturated heterocycles. The number of rotatable bonds is 4. The van der Waals surface area contributed by atoms with Crippen molar-refractivity contribution in [1.29, 1.82) is 0 Å². The zero-order valence-electron chi connectivity index (χ0n) is 8.21. The summed E-state index contributed by atoms with van der Waals surface area (Å²) in [4.78, 5) is 11.0. The molecular formula is C9H17N3O2. The molecule has 0 radical (unpaired) electrons. The first-order valence-electron chi connectivity index (χ1n) is 4.83. The normalized spacial score (nSPS) is 21.3. The molecule has 1 heterocycles. The second kappa shape index (κ2) is 6.39. The lowest BCUT2D eigenvalue weighted by molar-refractivity contribution is 0.149.